The standard InChI is InChI=1S/C4H9O3S.Na/c1-2-3-4-8(5,6)7;/h2H,3-4H2,1H3,(H,5,6,7);/q-1;+1. The van der Waals surface area contributed by atoms with Crippen LogP contribution in [0.4, 0.5) is 0 Å². The molecule has 9 heavy (non-hydrogen) atoms. The molecule has 0 aromatic carbocycles. The van der Waals surface area contributed by atoms with Crippen LogP contribution in [0.3, 0.4) is 0 Å². The molecule has 0 spiro atoms. The molecule has 0 radical (unpaired) electrons. The summed E-state index contributed by atoms with van der Waals surface area (Å²) in [4.78, 5) is 0. The molecule has 0 aliphatic heterocycles. The van der Waals surface area contributed by atoms with Gasteiger partial charge in [-0.2, -0.15) is 21.8 Å². The van der Waals surface area contributed by atoms with Gasteiger partial charge in [-0.05, 0) is 0 Å². The van der Waals surface area contributed by atoms with Crippen molar-refractivity contribution < 1.29 is 42.5 Å². The van der Waals surface area contributed by atoms with Crippen LogP contribution in [0.2, 0.25) is 0 Å². The predicted octanol–water partition coefficient (Wildman–Crippen LogP) is -2.51. The van der Waals surface area contributed by atoms with Crippen LogP contribution in [-0.4, -0.2) is 18.7 Å². The van der Waals surface area contributed by atoms with Gasteiger partial charge in [-0.3, -0.25) is 4.55 Å². The molecule has 0 aromatic rings. The summed E-state index contributed by atoms with van der Waals surface area (Å²) >= 11 is 0. The normalized spacial score (nSPS) is 10.4. The minimum absolute atomic E-state index is 0. The van der Waals surface area contributed by atoms with Crippen molar-refractivity contribution in [3.05, 3.63) is 6.42 Å². The molecule has 1 N–H and O–H groups in total. The molecular weight excluding hydrogens is 151 g/mol. The van der Waals surface area contributed by atoms with Gasteiger partial charge in [-0.25, -0.2) is 0 Å². The van der Waals surface area contributed by atoms with Gasteiger partial charge in [-0.15, -0.1) is 0 Å². The van der Waals surface area contributed by atoms with Crippen LogP contribution in [0.5, 0.6) is 0 Å². The Balaban J connectivity index is 0. The van der Waals surface area contributed by atoms with Gasteiger partial charge in [0, 0.05) is 5.75 Å². The van der Waals surface area contributed by atoms with Crippen molar-refractivity contribution in [2.45, 2.75) is 13.3 Å². The van der Waals surface area contributed by atoms with E-state index >= 15 is 0 Å². The molecule has 0 saturated heterocycles. The molecule has 3 nitrogen and oxygen atoms in total. The van der Waals surface area contributed by atoms with E-state index in [2.05, 4.69) is 0 Å². The van der Waals surface area contributed by atoms with Crippen LogP contribution in [-0.2, 0) is 10.1 Å². The Hall–Kier alpha value is 0.910. The Kier molecular flexibility index (Phi) is 7.93. The summed E-state index contributed by atoms with van der Waals surface area (Å²) in [5.41, 5.74) is 0. The van der Waals surface area contributed by atoms with E-state index in [1.165, 1.54) is 0 Å². The first-order valence-corrected chi connectivity index (χ1v) is 3.90. The van der Waals surface area contributed by atoms with Crippen LogP contribution in [0, 0.1) is 6.42 Å². The van der Waals surface area contributed by atoms with E-state index in [1.54, 1.807) is 13.3 Å². The molecule has 50 valence electrons. The zero-order valence-electron chi connectivity index (χ0n) is 5.66. The maximum absolute atomic E-state index is 9.93. The van der Waals surface area contributed by atoms with Gasteiger partial charge in [0.25, 0.3) is 10.1 Å². The molecule has 0 amide bonds. The molecule has 0 aliphatic carbocycles. The largest absolute Gasteiger partial charge is 1.00 e. The Bertz CT molecular complexity index is 140. The maximum Gasteiger partial charge on any atom is 1.00 e. The van der Waals surface area contributed by atoms with Crippen LogP contribution in [0.15, 0.2) is 0 Å². The van der Waals surface area contributed by atoms with Crippen LogP contribution >= 0.6 is 0 Å². The molecule has 0 saturated carbocycles. The zero-order valence-corrected chi connectivity index (χ0v) is 8.48. The quantitative estimate of drug-likeness (QED) is 0.282. The third kappa shape index (κ3) is 12.2. The minimum atomic E-state index is -3.72. The second-order valence-corrected chi connectivity index (χ2v) is 3.06. The van der Waals surface area contributed by atoms with Gasteiger partial charge in [0.2, 0.25) is 0 Å². The van der Waals surface area contributed by atoms with Crippen molar-refractivity contribution in [2.75, 3.05) is 5.75 Å². The third-order valence-corrected chi connectivity index (χ3v) is 1.42. The first kappa shape index (κ1) is 12.6. The molecular formula is C4H9NaO3S. The molecule has 0 rings (SSSR count). The minimum Gasteiger partial charge on any atom is -0.330 e. The van der Waals surface area contributed by atoms with E-state index in [4.69, 9.17) is 4.55 Å². The van der Waals surface area contributed by atoms with Crippen molar-refractivity contribution in [3.63, 3.8) is 0 Å². The summed E-state index contributed by atoms with van der Waals surface area (Å²) < 4.78 is 28.0. The second kappa shape index (κ2) is 5.68. The topological polar surface area (TPSA) is 54.4 Å². The Morgan fingerprint density at radius 2 is 2.00 bits per heavy atom. The molecule has 0 fully saturated rings. The van der Waals surface area contributed by atoms with E-state index in [0.29, 0.717) is 6.42 Å². The molecule has 0 aromatic heterocycles. The molecule has 0 heterocycles. The molecule has 0 bridgehead atoms. The summed E-state index contributed by atoms with van der Waals surface area (Å²) in [7, 11) is -3.72. The number of unbranched alkanes of at least 4 members (excludes halogenated alkanes) is 1. The molecule has 0 unspecified atom stereocenters. The van der Waals surface area contributed by atoms with Gasteiger partial charge >= 0.3 is 29.6 Å². The predicted molar refractivity (Wildman–Crippen MR) is 31.0 cm³/mol. The first-order valence-electron chi connectivity index (χ1n) is 2.29. The zero-order chi connectivity index (χ0) is 6.62. The van der Waals surface area contributed by atoms with Crippen molar-refractivity contribution in [1.29, 1.82) is 0 Å². The van der Waals surface area contributed by atoms with Gasteiger partial charge in [0.05, 0.1) is 0 Å². The van der Waals surface area contributed by atoms with E-state index < -0.39 is 10.1 Å². The summed E-state index contributed by atoms with van der Waals surface area (Å²) in [6.45, 7) is 1.74. The van der Waals surface area contributed by atoms with Gasteiger partial charge in [-0.1, -0.05) is 0 Å². The molecule has 0 aliphatic rings. The van der Waals surface area contributed by atoms with Crippen molar-refractivity contribution >= 4 is 10.1 Å². The average Bonchev–Trinajstić information content (AvgIpc) is 1.59. The summed E-state index contributed by atoms with van der Waals surface area (Å²) in [6, 6.07) is 0. The number of hydrogen-bond acceptors (Lipinski definition) is 2. The average molecular weight is 160 g/mol. The van der Waals surface area contributed by atoms with E-state index in [-0.39, 0.29) is 35.3 Å². The molecule has 0 atom stereocenters. The summed E-state index contributed by atoms with van der Waals surface area (Å²) in [5.74, 6) is -0.163. The van der Waals surface area contributed by atoms with Gasteiger partial charge in [0.15, 0.2) is 0 Å². The number of rotatable bonds is 3. The maximum atomic E-state index is 9.93. The third-order valence-electron chi connectivity index (χ3n) is 0.664. The van der Waals surface area contributed by atoms with Crippen LogP contribution in [0.25, 0.3) is 0 Å². The van der Waals surface area contributed by atoms with Gasteiger partial charge < -0.3 is 6.42 Å². The fourth-order valence-electron chi connectivity index (χ4n) is 0.267. The fraction of sp³-hybridized carbons (Fsp3) is 0.750. The Morgan fingerprint density at radius 3 is 2.11 bits per heavy atom. The van der Waals surface area contributed by atoms with Crippen LogP contribution < -0.4 is 29.6 Å². The van der Waals surface area contributed by atoms with E-state index in [9.17, 15) is 8.42 Å². The van der Waals surface area contributed by atoms with Gasteiger partial charge in [0.1, 0.15) is 0 Å². The Labute approximate surface area is 77.9 Å². The van der Waals surface area contributed by atoms with E-state index in [1.807, 2.05) is 0 Å². The van der Waals surface area contributed by atoms with Crippen molar-refractivity contribution in [1.82, 2.24) is 0 Å². The SMILES string of the molecule is C[CH-]CCS(=O)(=O)O.[Na+]. The smallest absolute Gasteiger partial charge is 0.330 e. The Morgan fingerprint density at radius 1 is 1.56 bits per heavy atom. The molecule has 5 heteroatoms. The van der Waals surface area contributed by atoms with Crippen LogP contribution in [0.1, 0.15) is 13.3 Å². The summed E-state index contributed by atoms with van der Waals surface area (Å²) in [6.07, 6.45) is 2.10. The monoisotopic (exact) mass is 160 g/mol. The summed E-state index contributed by atoms with van der Waals surface area (Å²) in [5, 5.41) is 0. The number of hydrogen-bond donors (Lipinski definition) is 1. The fourth-order valence-corrected chi connectivity index (χ4v) is 0.800. The van der Waals surface area contributed by atoms with Crippen molar-refractivity contribution in [3.8, 4) is 0 Å². The van der Waals surface area contributed by atoms with E-state index in [0.717, 1.165) is 0 Å². The van der Waals surface area contributed by atoms with Crippen molar-refractivity contribution in [2.24, 2.45) is 0 Å². The second-order valence-electron chi connectivity index (χ2n) is 1.48. The first-order chi connectivity index (χ1) is 3.56.